The van der Waals surface area contributed by atoms with Gasteiger partial charge >= 0.3 is 0 Å². The molecule has 0 saturated heterocycles. The monoisotopic (exact) mass is 154 g/mol. The number of rotatable bonds is 0. The smallest absolute Gasteiger partial charge is 0.157 e. The van der Waals surface area contributed by atoms with Crippen LogP contribution in [0.3, 0.4) is 0 Å². The molecule has 0 atom stereocenters. The standard InChI is InChI=1S/C7H8O2.C2H6/c1-2-6-7(3-1)9-5-4-8-6;1-2/h1-2H,3-5H2;1-2H3. The minimum Gasteiger partial charge on any atom is -0.490 e. The lowest BCUT2D eigenvalue weighted by molar-refractivity contribution is 0.0706. The fourth-order valence-corrected chi connectivity index (χ4v) is 1.04. The minimum atomic E-state index is 0.698. The van der Waals surface area contributed by atoms with Crippen LogP contribution in [-0.4, -0.2) is 13.2 Å². The van der Waals surface area contributed by atoms with E-state index in [1.165, 1.54) is 0 Å². The molecule has 62 valence electrons. The van der Waals surface area contributed by atoms with Crippen molar-refractivity contribution in [3.63, 3.8) is 0 Å². The fourth-order valence-electron chi connectivity index (χ4n) is 1.04. The zero-order valence-corrected chi connectivity index (χ0v) is 7.09. The first-order valence-corrected chi connectivity index (χ1v) is 4.12. The topological polar surface area (TPSA) is 18.5 Å². The SMILES string of the molecule is C1=CC2=C(C1)OCCO2.CC. The van der Waals surface area contributed by atoms with E-state index in [-0.39, 0.29) is 0 Å². The number of hydrogen-bond acceptors (Lipinski definition) is 2. The summed E-state index contributed by atoms with van der Waals surface area (Å²) in [7, 11) is 0. The molecule has 0 spiro atoms. The maximum Gasteiger partial charge on any atom is 0.157 e. The fraction of sp³-hybridized carbons (Fsp3) is 0.556. The first kappa shape index (κ1) is 8.18. The van der Waals surface area contributed by atoms with Crippen molar-refractivity contribution in [2.75, 3.05) is 13.2 Å². The average Bonchev–Trinajstić information content (AvgIpc) is 2.55. The molecule has 0 amide bonds. The summed E-state index contributed by atoms with van der Waals surface area (Å²) in [6.45, 7) is 5.41. The molecule has 11 heavy (non-hydrogen) atoms. The van der Waals surface area contributed by atoms with E-state index in [2.05, 4.69) is 6.08 Å². The maximum atomic E-state index is 5.29. The predicted molar refractivity (Wildman–Crippen MR) is 44.0 cm³/mol. The second kappa shape index (κ2) is 4.06. The third kappa shape index (κ3) is 1.76. The van der Waals surface area contributed by atoms with Crippen molar-refractivity contribution in [3.8, 4) is 0 Å². The van der Waals surface area contributed by atoms with Gasteiger partial charge < -0.3 is 9.47 Å². The van der Waals surface area contributed by atoms with Crippen LogP contribution in [0.4, 0.5) is 0 Å². The average molecular weight is 154 g/mol. The van der Waals surface area contributed by atoms with Crippen molar-refractivity contribution in [1.82, 2.24) is 0 Å². The van der Waals surface area contributed by atoms with Crippen molar-refractivity contribution < 1.29 is 9.47 Å². The van der Waals surface area contributed by atoms with E-state index in [1.54, 1.807) is 0 Å². The van der Waals surface area contributed by atoms with E-state index in [1.807, 2.05) is 19.9 Å². The molecule has 0 radical (unpaired) electrons. The lowest BCUT2D eigenvalue weighted by atomic mass is 10.4. The Bertz CT molecular complexity index is 180. The van der Waals surface area contributed by atoms with Gasteiger partial charge in [0, 0.05) is 6.42 Å². The van der Waals surface area contributed by atoms with Gasteiger partial charge in [0.15, 0.2) is 5.76 Å². The quantitative estimate of drug-likeness (QED) is 0.532. The third-order valence-electron chi connectivity index (χ3n) is 1.46. The van der Waals surface area contributed by atoms with Crippen LogP contribution in [0.25, 0.3) is 0 Å². The summed E-state index contributed by atoms with van der Waals surface area (Å²) >= 11 is 0. The largest absolute Gasteiger partial charge is 0.490 e. The minimum absolute atomic E-state index is 0.698. The first-order valence-electron chi connectivity index (χ1n) is 4.12. The molecule has 0 N–H and O–H groups in total. The third-order valence-corrected chi connectivity index (χ3v) is 1.46. The predicted octanol–water partition coefficient (Wildman–Crippen LogP) is 2.23. The van der Waals surface area contributed by atoms with Crippen LogP contribution in [0.5, 0.6) is 0 Å². The van der Waals surface area contributed by atoms with E-state index in [0.29, 0.717) is 13.2 Å². The molecule has 1 heterocycles. The Morgan fingerprint density at radius 3 is 2.64 bits per heavy atom. The van der Waals surface area contributed by atoms with Crippen LogP contribution < -0.4 is 0 Å². The summed E-state index contributed by atoms with van der Waals surface area (Å²) in [6.07, 6.45) is 4.93. The Hall–Kier alpha value is -0.920. The Kier molecular flexibility index (Phi) is 3.02. The molecule has 0 saturated carbocycles. The zero-order chi connectivity index (χ0) is 8.10. The van der Waals surface area contributed by atoms with Crippen LogP contribution >= 0.6 is 0 Å². The van der Waals surface area contributed by atoms with Crippen molar-refractivity contribution >= 4 is 0 Å². The van der Waals surface area contributed by atoms with Crippen LogP contribution in [0.2, 0.25) is 0 Å². The highest BCUT2D eigenvalue weighted by molar-refractivity contribution is 5.26. The van der Waals surface area contributed by atoms with Crippen LogP contribution in [0, 0.1) is 0 Å². The van der Waals surface area contributed by atoms with E-state index in [4.69, 9.17) is 9.47 Å². The van der Waals surface area contributed by atoms with Gasteiger partial charge in [0.05, 0.1) is 0 Å². The van der Waals surface area contributed by atoms with Crippen molar-refractivity contribution in [2.45, 2.75) is 20.3 Å². The molecule has 0 aromatic rings. The zero-order valence-electron chi connectivity index (χ0n) is 7.09. The van der Waals surface area contributed by atoms with Gasteiger partial charge in [0.2, 0.25) is 0 Å². The normalized spacial score (nSPS) is 19.5. The van der Waals surface area contributed by atoms with E-state index >= 15 is 0 Å². The molecule has 0 aromatic heterocycles. The molecule has 1 aliphatic carbocycles. The molecule has 0 bridgehead atoms. The summed E-state index contributed by atoms with van der Waals surface area (Å²) in [5.41, 5.74) is 0. The number of allylic oxidation sites excluding steroid dienone is 2. The van der Waals surface area contributed by atoms with Crippen LogP contribution in [-0.2, 0) is 9.47 Å². The highest BCUT2D eigenvalue weighted by Gasteiger charge is 2.15. The van der Waals surface area contributed by atoms with Gasteiger partial charge in [0.1, 0.15) is 19.0 Å². The van der Waals surface area contributed by atoms with Crippen LogP contribution in [0.1, 0.15) is 20.3 Å². The summed E-state index contributed by atoms with van der Waals surface area (Å²) < 4.78 is 10.6. The molecular weight excluding hydrogens is 140 g/mol. The summed E-state index contributed by atoms with van der Waals surface area (Å²) in [5.74, 6) is 1.93. The highest BCUT2D eigenvalue weighted by Crippen LogP contribution is 2.23. The van der Waals surface area contributed by atoms with Gasteiger partial charge in [-0.05, 0) is 6.08 Å². The second-order valence-corrected chi connectivity index (χ2v) is 2.09. The highest BCUT2D eigenvalue weighted by atomic mass is 16.6. The van der Waals surface area contributed by atoms with Gasteiger partial charge in [-0.15, -0.1) is 0 Å². The Labute approximate surface area is 67.5 Å². The number of hydrogen-bond donors (Lipinski definition) is 0. The summed E-state index contributed by atoms with van der Waals surface area (Å²) in [5, 5.41) is 0. The second-order valence-electron chi connectivity index (χ2n) is 2.09. The lowest BCUT2D eigenvalue weighted by Gasteiger charge is -2.16. The molecule has 0 fully saturated rings. The van der Waals surface area contributed by atoms with E-state index < -0.39 is 0 Å². The van der Waals surface area contributed by atoms with E-state index in [0.717, 1.165) is 17.9 Å². The lowest BCUT2D eigenvalue weighted by Crippen LogP contribution is -2.10. The van der Waals surface area contributed by atoms with Crippen molar-refractivity contribution in [3.05, 3.63) is 23.7 Å². The number of ether oxygens (including phenoxy) is 2. The molecule has 2 aliphatic rings. The van der Waals surface area contributed by atoms with Gasteiger partial charge in [0.25, 0.3) is 0 Å². The summed E-state index contributed by atoms with van der Waals surface area (Å²) in [4.78, 5) is 0. The molecule has 2 nitrogen and oxygen atoms in total. The van der Waals surface area contributed by atoms with Gasteiger partial charge in [-0.1, -0.05) is 19.9 Å². The van der Waals surface area contributed by atoms with E-state index in [9.17, 15) is 0 Å². The van der Waals surface area contributed by atoms with Crippen molar-refractivity contribution in [1.29, 1.82) is 0 Å². The Morgan fingerprint density at radius 2 is 1.91 bits per heavy atom. The van der Waals surface area contributed by atoms with Gasteiger partial charge in [-0.3, -0.25) is 0 Å². The maximum absolute atomic E-state index is 5.29. The molecule has 0 unspecified atom stereocenters. The molecular formula is C9H14O2. The molecule has 2 heteroatoms. The van der Waals surface area contributed by atoms with Gasteiger partial charge in [-0.25, -0.2) is 0 Å². The Balaban J connectivity index is 0.000000281. The molecule has 1 aliphatic heterocycles. The first-order chi connectivity index (χ1) is 5.47. The van der Waals surface area contributed by atoms with Crippen molar-refractivity contribution in [2.24, 2.45) is 0 Å². The Morgan fingerprint density at radius 1 is 1.18 bits per heavy atom. The molecule has 0 aromatic carbocycles. The summed E-state index contributed by atoms with van der Waals surface area (Å²) in [6, 6.07) is 0. The van der Waals surface area contributed by atoms with Crippen LogP contribution in [0.15, 0.2) is 23.7 Å². The van der Waals surface area contributed by atoms with Gasteiger partial charge in [-0.2, -0.15) is 0 Å². The molecule has 2 rings (SSSR count).